The lowest BCUT2D eigenvalue weighted by molar-refractivity contribution is 0.102. The van der Waals surface area contributed by atoms with Crippen molar-refractivity contribution in [3.05, 3.63) is 57.6 Å². The Bertz CT molecular complexity index is 677. The van der Waals surface area contributed by atoms with Gasteiger partial charge in [0.25, 0.3) is 5.91 Å². The smallest absolute Gasteiger partial charge is 0.255 e. The lowest BCUT2D eigenvalue weighted by atomic mass is 10.1. The number of benzene rings is 1. The van der Waals surface area contributed by atoms with E-state index in [0.29, 0.717) is 11.3 Å². The number of nitrogens with zero attached hydrogens (tertiary/aromatic N) is 1. The Balaban J connectivity index is 2.21. The van der Waals surface area contributed by atoms with Crippen LogP contribution >= 0.6 is 23.2 Å². The Morgan fingerprint density at radius 1 is 1.29 bits per heavy atom. The lowest BCUT2D eigenvalue weighted by Crippen LogP contribution is -2.13. The van der Waals surface area contributed by atoms with Crippen LogP contribution in [-0.4, -0.2) is 10.9 Å². The number of carbonyl (C=O) groups excluding carboxylic acids is 1. The second-order valence-electron chi connectivity index (χ2n) is 4.50. The third kappa shape index (κ3) is 4.16. The highest BCUT2D eigenvalue weighted by Gasteiger charge is 2.10. The number of pyridine rings is 1. The van der Waals surface area contributed by atoms with E-state index in [1.807, 2.05) is 6.92 Å². The molecule has 0 fully saturated rings. The Morgan fingerprint density at radius 2 is 2.05 bits per heavy atom. The molecular formula is C15H13Cl2FN2O. The summed E-state index contributed by atoms with van der Waals surface area (Å²) in [4.78, 5) is 16.3. The molecule has 0 aliphatic heterocycles. The predicted molar refractivity (Wildman–Crippen MR) is 82.6 cm³/mol. The minimum atomic E-state index is -0.589. The van der Waals surface area contributed by atoms with Crippen molar-refractivity contribution in [1.29, 1.82) is 0 Å². The first-order valence-electron chi connectivity index (χ1n) is 6.42. The summed E-state index contributed by atoms with van der Waals surface area (Å²) in [5.41, 5.74) is 1.46. The first-order valence-corrected chi connectivity index (χ1v) is 7.18. The average Bonchev–Trinajstić information content (AvgIpc) is 2.42. The first kappa shape index (κ1) is 15.7. The topological polar surface area (TPSA) is 42.0 Å². The SMILES string of the molecule is CCCc1cc(C(=O)Nc2ccc(Cl)c(F)c2)cc(Cl)n1. The van der Waals surface area contributed by atoms with Crippen LogP contribution in [0.2, 0.25) is 10.2 Å². The molecule has 1 aromatic carbocycles. The van der Waals surface area contributed by atoms with Crippen molar-refractivity contribution in [2.75, 3.05) is 5.32 Å². The molecule has 0 spiro atoms. The third-order valence-corrected chi connectivity index (χ3v) is 3.29. The molecule has 0 aliphatic carbocycles. The Labute approximate surface area is 132 Å². The average molecular weight is 327 g/mol. The second kappa shape index (κ2) is 6.87. The van der Waals surface area contributed by atoms with Gasteiger partial charge in [-0.05, 0) is 36.8 Å². The van der Waals surface area contributed by atoms with Crippen molar-refractivity contribution in [3.8, 4) is 0 Å². The maximum Gasteiger partial charge on any atom is 0.255 e. The van der Waals surface area contributed by atoms with Gasteiger partial charge in [-0.1, -0.05) is 36.5 Å². The summed E-state index contributed by atoms with van der Waals surface area (Å²) >= 11 is 11.5. The molecule has 1 heterocycles. The zero-order valence-corrected chi connectivity index (χ0v) is 12.8. The molecule has 0 bridgehead atoms. The van der Waals surface area contributed by atoms with E-state index in [9.17, 15) is 9.18 Å². The van der Waals surface area contributed by atoms with Crippen LogP contribution in [0.1, 0.15) is 29.4 Å². The molecule has 21 heavy (non-hydrogen) atoms. The Kier molecular flexibility index (Phi) is 5.15. The number of halogens is 3. The molecule has 0 atom stereocenters. The van der Waals surface area contributed by atoms with Crippen LogP contribution < -0.4 is 5.32 Å². The number of hydrogen-bond acceptors (Lipinski definition) is 2. The second-order valence-corrected chi connectivity index (χ2v) is 5.30. The first-order chi connectivity index (χ1) is 9.99. The molecule has 0 aliphatic rings. The quantitative estimate of drug-likeness (QED) is 0.825. The van der Waals surface area contributed by atoms with Crippen LogP contribution in [0.4, 0.5) is 10.1 Å². The molecule has 6 heteroatoms. The molecule has 0 saturated carbocycles. The van der Waals surface area contributed by atoms with Gasteiger partial charge in [0.2, 0.25) is 0 Å². The van der Waals surface area contributed by atoms with E-state index in [0.717, 1.165) is 24.6 Å². The van der Waals surface area contributed by atoms with E-state index in [1.54, 1.807) is 6.07 Å². The van der Waals surface area contributed by atoms with E-state index in [2.05, 4.69) is 10.3 Å². The number of amides is 1. The summed E-state index contributed by atoms with van der Waals surface area (Å²) in [7, 11) is 0. The van der Waals surface area contributed by atoms with Gasteiger partial charge < -0.3 is 5.32 Å². The normalized spacial score (nSPS) is 10.5. The van der Waals surface area contributed by atoms with Gasteiger partial charge in [-0.2, -0.15) is 0 Å². The molecular weight excluding hydrogens is 314 g/mol. The number of carbonyl (C=O) groups is 1. The van der Waals surface area contributed by atoms with Gasteiger partial charge >= 0.3 is 0 Å². The molecule has 3 nitrogen and oxygen atoms in total. The summed E-state index contributed by atoms with van der Waals surface area (Å²) in [5, 5.41) is 2.86. The maximum atomic E-state index is 13.3. The highest BCUT2D eigenvalue weighted by atomic mass is 35.5. The zero-order chi connectivity index (χ0) is 15.4. The molecule has 2 rings (SSSR count). The van der Waals surface area contributed by atoms with Crippen LogP contribution in [0.5, 0.6) is 0 Å². The fraction of sp³-hybridized carbons (Fsp3) is 0.200. The van der Waals surface area contributed by atoms with Gasteiger partial charge in [-0.25, -0.2) is 9.37 Å². The number of anilines is 1. The van der Waals surface area contributed by atoms with Gasteiger partial charge in [0.1, 0.15) is 11.0 Å². The van der Waals surface area contributed by atoms with Crippen molar-refractivity contribution >= 4 is 34.8 Å². The number of rotatable bonds is 4. The largest absolute Gasteiger partial charge is 0.322 e. The standard InChI is InChI=1S/C15H13Cl2FN2O/c1-2-3-10-6-9(7-14(17)19-10)15(21)20-11-4-5-12(16)13(18)8-11/h4-8H,2-3H2,1H3,(H,20,21). The number of aryl methyl sites for hydroxylation is 1. The Morgan fingerprint density at radius 3 is 2.71 bits per heavy atom. The fourth-order valence-corrected chi connectivity index (χ4v) is 2.19. The minimum Gasteiger partial charge on any atom is -0.322 e. The van der Waals surface area contributed by atoms with Crippen LogP contribution in [0.3, 0.4) is 0 Å². The summed E-state index contributed by atoms with van der Waals surface area (Å²) in [6.45, 7) is 2.01. The number of aromatic nitrogens is 1. The highest BCUT2D eigenvalue weighted by molar-refractivity contribution is 6.31. The maximum absolute atomic E-state index is 13.3. The van der Waals surface area contributed by atoms with Gasteiger partial charge in [0.05, 0.1) is 5.02 Å². The van der Waals surface area contributed by atoms with Gasteiger partial charge in [0.15, 0.2) is 0 Å². The molecule has 0 unspecified atom stereocenters. The summed E-state index contributed by atoms with van der Waals surface area (Å²) in [6.07, 6.45) is 1.63. The minimum absolute atomic E-state index is 0.00480. The number of nitrogens with one attached hydrogen (secondary N) is 1. The van der Waals surface area contributed by atoms with Crippen LogP contribution in [-0.2, 0) is 6.42 Å². The van der Waals surface area contributed by atoms with Crippen molar-refractivity contribution in [3.63, 3.8) is 0 Å². The highest BCUT2D eigenvalue weighted by Crippen LogP contribution is 2.20. The van der Waals surface area contributed by atoms with Crippen molar-refractivity contribution in [2.24, 2.45) is 0 Å². The van der Waals surface area contributed by atoms with Gasteiger partial charge in [-0.15, -0.1) is 0 Å². The number of hydrogen-bond donors (Lipinski definition) is 1. The summed E-state index contributed by atoms with van der Waals surface area (Å²) < 4.78 is 13.3. The van der Waals surface area contributed by atoms with E-state index in [1.165, 1.54) is 18.2 Å². The Hall–Kier alpha value is -1.65. The third-order valence-electron chi connectivity index (χ3n) is 2.79. The monoisotopic (exact) mass is 326 g/mol. The predicted octanol–water partition coefficient (Wildman–Crippen LogP) is 4.73. The summed E-state index contributed by atoms with van der Waals surface area (Å²) in [5.74, 6) is -0.965. The zero-order valence-electron chi connectivity index (χ0n) is 11.3. The molecule has 0 saturated heterocycles. The van der Waals surface area contributed by atoms with Crippen LogP contribution in [0, 0.1) is 5.82 Å². The molecule has 1 amide bonds. The van der Waals surface area contributed by atoms with Crippen molar-refractivity contribution in [2.45, 2.75) is 19.8 Å². The van der Waals surface area contributed by atoms with E-state index in [-0.39, 0.29) is 16.1 Å². The molecule has 2 aromatic rings. The van der Waals surface area contributed by atoms with E-state index < -0.39 is 5.82 Å². The molecule has 0 radical (unpaired) electrons. The van der Waals surface area contributed by atoms with Crippen molar-refractivity contribution in [1.82, 2.24) is 4.98 Å². The fourth-order valence-electron chi connectivity index (χ4n) is 1.84. The molecule has 1 aromatic heterocycles. The molecule has 110 valence electrons. The molecule has 1 N–H and O–H groups in total. The van der Waals surface area contributed by atoms with Crippen LogP contribution in [0.25, 0.3) is 0 Å². The summed E-state index contributed by atoms with van der Waals surface area (Å²) in [6, 6.07) is 7.23. The lowest BCUT2D eigenvalue weighted by Gasteiger charge is -2.08. The van der Waals surface area contributed by atoms with Crippen LogP contribution in [0.15, 0.2) is 30.3 Å². The van der Waals surface area contributed by atoms with E-state index in [4.69, 9.17) is 23.2 Å². The van der Waals surface area contributed by atoms with Gasteiger partial charge in [-0.3, -0.25) is 4.79 Å². The van der Waals surface area contributed by atoms with Gasteiger partial charge in [0, 0.05) is 16.9 Å². The van der Waals surface area contributed by atoms with Crippen molar-refractivity contribution < 1.29 is 9.18 Å². The van der Waals surface area contributed by atoms with E-state index >= 15 is 0 Å².